The molecular weight excluding hydrogens is 348 g/mol. The average molecular weight is 363 g/mol. The number of carbonyl (C=O) groups is 2. The minimum Gasteiger partial charge on any atom is -0.462 e. The molecule has 6 nitrogen and oxygen atoms in total. The third-order valence-electron chi connectivity index (χ3n) is 3.85. The number of cyclic esters (lactones) is 1. The summed E-state index contributed by atoms with van der Waals surface area (Å²) in [6.45, 7) is 0.202. The molecule has 8 heteroatoms. The van der Waals surface area contributed by atoms with E-state index in [9.17, 15) is 18.4 Å². The second kappa shape index (κ2) is 7.07. The largest absolute Gasteiger partial charge is 0.462 e. The van der Waals surface area contributed by atoms with Gasteiger partial charge < -0.3 is 14.2 Å². The van der Waals surface area contributed by atoms with Crippen molar-refractivity contribution in [3.63, 3.8) is 0 Å². The highest BCUT2D eigenvalue weighted by molar-refractivity contribution is 6.08. The Kier molecular flexibility index (Phi) is 4.83. The number of aromatic nitrogens is 1. The van der Waals surface area contributed by atoms with E-state index < -0.39 is 18.6 Å². The standard InChI is InChI=1S/C18H15F2NO5/c1-3-24-16(22)13-9(2)21-11-8-25-17(23)15(11)14(13)10-6-4-5-7-12(10)26-18(19)20/h4-7,18H,3,8H2,1-2H3. The van der Waals surface area contributed by atoms with Crippen LogP contribution in [0.1, 0.15) is 39.0 Å². The maximum Gasteiger partial charge on any atom is 0.387 e. The predicted molar refractivity (Wildman–Crippen MR) is 86.1 cm³/mol. The van der Waals surface area contributed by atoms with Crippen LogP contribution in [-0.4, -0.2) is 30.1 Å². The number of ether oxygens (including phenoxy) is 3. The molecule has 1 aliphatic rings. The molecular formula is C18H15F2NO5. The minimum atomic E-state index is -3.06. The molecule has 3 rings (SSSR count). The van der Waals surface area contributed by atoms with Crippen LogP contribution in [0.25, 0.3) is 11.1 Å². The molecule has 0 bridgehead atoms. The molecule has 1 aromatic carbocycles. The number of hydrogen-bond donors (Lipinski definition) is 0. The van der Waals surface area contributed by atoms with Crippen LogP contribution >= 0.6 is 0 Å². The van der Waals surface area contributed by atoms with E-state index in [1.165, 1.54) is 18.2 Å². The van der Waals surface area contributed by atoms with Crippen LogP contribution in [0.2, 0.25) is 0 Å². The summed E-state index contributed by atoms with van der Waals surface area (Å²) in [4.78, 5) is 29.0. The van der Waals surface area contributed by atoms with E-state index in [-0.39, 0.29) is 41.2 Å². The molecule has 2 heterocycles. The monoisotopic (exact) mass is 363 g/mol. The van der Waals surface area contributed by atoms with Crippen LogP contribution in [-0.2, 0) is 16.1 Å². The van der Waals surface area contributed by atoms with E-state index in [4.69, 9.17) is 9.47 Å². The Morgan fingerprint density at radius 2 is 2.04 bits per heavy atom. The number of halogens is 2. The number of esters is 2. The van der Waals surface area contributed by atoms with Crippen LogP contribution in [0.5, 0.6) is 5.75 Å². The number of fused-ring (bicyclic) bond motifs is 1. The van der Waals surface area contributed by atoms with Gasteiger partial charge in [0, 0.05) is 11.1 Å². The van der Waals surface area contributed by atoms with Gasteiger partial charge in [0.2, 0.25) is 0 Å². The van der Waals surface area contributed by atoms with Crippen molar-refractivity contribution in [3.05, 3.63) is 46.8 Å². The Morgan fingerprint density at radius 1 is 1.31 bits per heavy atom. The van der Waals surface area contributed by atoms with E-state index in [0.29, 0.717) is 11.4 Å². The highest BCUT2D eigenvalue weighted by atomic mass is 19.3. The van der Waals surface area contributed by atoms with Crippen molar-refractivity contribution in [2.75, 3.05) is 6.61 Å². The number of carbonyl (C=O) groups excluding carboxylic acids is 2. The smallest absolute Gasteiger partial charge is 0.387 e. The summed E-state index contributed by atoms with van der Waals surface area (Å²) in [6, 6.07) is 5.92. The molecule has 2 aromatic rings. The summed E-state index contributed by atoms with van der Waals surface area (Å²) in [7, 11) is 0. The zero-order valence-electron chi connectivity index (χ0n) is 14.0. The number of hydrogen-bond acceptors (Lipinski definition) is 6. The van der Waals surface area contributed by atoms with Crippen molar-refractivity contribution >= 4 is 11.9 Å². The fourth-order valence-corrected chi connectivity index (χ4v) is 2.89. The fourth-order valence-electron chi connectivity index (χ4n) is 2.89. The normalized spacial score (nSPS) is 12.7. The summed E-state index contributed by atoms with van der Waals surface area (Å²) in [5, 5.41) is 0. The zero-order valence-corrected chi connectivity index (χ0v) is 14.0. The molecule has 0 saturated carbocycles. The van der Waals surface area contributed by atoms with Gasteiger partial charge >= 0.3 is 18.6 Å². The number of benzene rings is 1. The summed E-state index contributed by atoms with van der Waals surface area (Å²) in [5.41, 5.74) is 1.02. The van der Waals surface area contributed by atoms with Crippen LogP contribution in [0, 0.1) is 6.92 Å². The number of aryl methyl sites for hydroxylation is 1. The topological polar surface area (TPSA) is 74.7 Å². The Bertz CT molecular complexity index is 882. The van der Waals surface area contributed by atoms with Crippen molar-refractivity contribution in [3.8, 4) is 16.9 Å². The fraction of sp³-hybridized carbons (Fsp3) is 0.278. The first-order valence-electron chi connectivity index (χ1n) is 7.86. The lowest BCUT2D eigenvalue weighted by molar-refractivity contribution is -0.0494. The summed E-state index contributed by atoms with van der Waals surface area (Å²) in [6.07, 6.45) is 0. The Balaban J connectivity index is 2.33. The van der Waals surface area contributed by atoms with Crippen LogP contribution in [0.3, 0.4) is 0 Å². The number of para-hydroxylation sites is 1. The molecule has 0 unspecified atom stereocenters. The lowest BCUT2D eigenvalue weighted by atomic mass is 9.92. The molecule has 136 valence electrons. The Labute approximate surface area is 147 Å². The molecule has 1 aromatic heterocycles. The lowest BCUT2D eigenvalue weighted by Gasteiger charge is -2.17. The first kappa shape index (κ1) is 17.8. The van der Waals surface area contributed by atoms with Gasteiger partial charge in [-0.2, -0.15) is 8.78 Å². The van der Waals surface area contributed by atoms with Crippen LogP contribution in [0.4, 0.5) is 8.78 Å². The van der Waals surface area contributed by atoms with Gasteiger partial charge in [-0.15, -0.1) is 0 Å². The first-order valence-corrected chi connectivity index (χ1v) is 7.86. The molecule has 1 aliphatic heterocycles. The maximum absolute atomic E-state index is 12.8. The second-order valence-corrected chi connectivity index (χ2v) is 5.44. The third kappa shape index (κ3) is 3.10. The molecule has 0 saturated heterocycles. The van der Waals surface area contributed by atoms with Gasteiger partial charge in [-0.3, -0.25) is 4.98 Å². The van der Waals surface area contributed by atoms with Crippen molar-refractivity contribution in [2.45, 2.75) is 27.1 Å². The molecule has 0 amide bonds. The summed E-state index contributed by atoms with van der Waals surface area (Å²) in [5.74, 6) is -1.55. The van der Waals surface area contributed by atoms with Gasteiger partial charge in [0.15, 0.2) is 0 Å². The zero-order chi connectivity index (χ0) is 18.8. The van der Waals surface area contributed by atoms with Gasteiger partial charge in [0.1, 0.15) is 12.4 Å². The molecule has 0 spiro atoms. The molecule has 0 N–H and O–H groups in total. The van der Waals surface area contributed by atoms with Gasteiger partial charge in [0.25, 0.3) is 0 Å². The van der Waals surface area contributed by atoms with Gasteiger partial charge in [-0.25, -0.2) is 9.59 Å². The molecule has 0 fully saturated rings. The van der Waals surface area contributed by atoms with Crippen molar-refractivity contribution < 1.29 is 32.6 Å². The highest BCUT2D eigenvalue weighted by Gasteiger charge is 2.34. The number of alkyl halides is 2. The third-order valence-corrected chi connectivity index (χ3v) is 3.85. The van der Waals surface area contributed by atoms with E-state index in [1.807, 2.05) is 0 Å². The highest BCUT2D eigenvalue weighted by Crippen LogP contribution is 2.40. The Morgan fingerprint density at radius 3 is 2.73 bits per heavy atom. The van der Waals surface area contributed by atoms with E-state index in [1.54, 1.807) is 19.9 Å². The first-order chi connectivity index (χ1) is 12.4. The SMILES string of the molecule is CCOC(=O)c1c(C)nc2c(c1-c1ccccc1OC(F)F)C(=O)OC2. The maximum atomic E-state index is 12.8. The second-order valence-electron chi connectivity index (χ2n) is 5.44. The van der Waals surface area contributed by atoms with Gasteiger partial charge in [0.05, 0.1) is 29.1 Å². The average Bonchev–Trinajstić information content (AvgIpc) is 2.94. The van der Waals surface area contributed by atoms with E-state index in [0.717, 1.165) is 0 Å². The molecule has 26 heavy (non-hydrogen) atoms. The van der Waals surface area contributed by atoms with Crippen molar-refractivity contribution in [1.82, 2.24) is 4.98 Å². The quantitative estimate of drug-likeness (QED) is 0.757. The molecule has 0 atom stereocenters. The lowest BCUT2D eigenvalue weighted by Crippen LogP contribution is -2.14. The van der Waals surface area contributed by atoms with Gasteiger partial charge in [-0.1, -0.05) is 18.2 Å². The van der Waals surface area contributed by atoms with Crippen LogP contribution in [0.15, 0.2) is 24.3 Å². The number of rotatable bonds is 5. The predicted octanol–water partition coefficient (Wildman–Crippen LogP) is 3.51. The molecule has 0 aliphatic carbocycles. The van der Waals surface area contributed by atoms with Gasteiger partial charge in [-0.05, 0) is 19.9 Å². The molecule has 0 radical (unpaired) electrons. The number of pyridine rings is 1. The van der Waals surface area contributed by atoms with Crippen molar-refractivity contribution in [1.29, 1.82) is 0 Å². The van der Waals surface area contributed by atoms with E-state index in [2.05, 4.69) is 9.72 Å². The summed E-state index contributed by atoms with van der Waals surface area (Å²) < 4.78 is 40.3. The van der Waals surface area contributed by atoms with Crippen LogP contribution < -0.4 is 4.74 Å². The summed E-state index contributed by atoms with van der Waals surface area (Å²) >= 11 is 0. The van der Waals surface area contributed by atoms with E-state index >= 15 is 0 Å². The number of nitrogens with zero attached hydrogens (tertiary/aromatic N) is 1. The van der Waals surface area contributed by atoms with Crippen molar-refractivity contribution in [2.24, 2.45) is 0 Å². The minimum absolute atomic E-state index is 0.0229. The Hall–Kier alpha value is -3.03.